The molecule has 7 heteroatoms. The first-order valence-corrected chi connectivity index (χ1v) is 8.08. The predicted molar refractivity (Wildman–Crippen MR) is 96.1 cm³/mol. The minimum atomic E-state index is -1.26. The molecule has 138 valence electrons. The minimum absolute atomic E-state index is 0.165. The molecule has 0 aromatic heterocycles. The van der Waals surface area contributed by atoms with Gasteiger partial charge in [0.15, 0.2) is 11.5 Å². The summed E-state index contributed by atoms with van der Waals surface area (Å²) in [5.41, 5.74) is -0.985. The molecule has 6 nitrogen and oxygen atoms in total. The lowest BCUT2D eigenvalue weighted by Crippen LogP contribution is -2.41. The van der Waals surface area contributed by atoms with Gasteiger partial charge < -0.3 is 18.9 Å². The number of hydrogen-bond acceptors (Lipinski definition) is 6. The predicted octanol–water partition coefficient (Wildman–Crippen LogP) is 3.90. The van der Waals surface area contributed by atoms with E-state index >= 15 is 0 Å². The highest BCUT2D eigenvalue weighted by Crippen LogP contribution is 2.30. The number of carbonyl (C=O) groups excluding carboxylic acids is 2. The van der Waals surface area contributed by atoms with E-state index in [0.717, 1.165) is 0 Å². The van der Waals surface area contributed by atoms with Gasteiger partial charge in [-0.25, -0.2) is 9.59 Å². The first-order chi connectivity index (χ1) is 12.3. The third-order valence-electron chi connectivity index (χ3n) is 3.47. The summed E-state index contributed by atoms with van der Waals surface area (Å²) in [6.07, 6.45) is 0. The van der Waals surface area contributed by atoms with Crippen LogP contribution in [0, 0.1) is 0 Å². The molecule has 0 bridgehead atoms. The highest BCUT2D eigenvalue weighted by molar-refractivity contribution is 6.30. The second-order valence-electron chi connectivity index (χ2n) is 5.81. The second kappa shape index (κ2) is 8.10. The van der Waals surface area contributed by atoms with Crippen LogP contribution < -0.4 is 14.2 Å². The highest BCUT2D eigenvalue weighted by atomic mass is 35.5. The standard InChI is InChI=1S/C19H19ClO6/c1-19(2,26-14-8-6-13(20)7-9-14)18(22)25-15-10-5-12(17(21)24-4)11-16(15)23-3/h5-11H,1-4H3. The van der Waals surface area contributed by atoms with Gasteiger partial charge in [0, 0.05) is 5.02 Å². The number of esters is 2. The fraction of sp³-hybridized carbons (Fsp3) is 0.263. The lowest BCUT2D eigenvalue weighted by molar-refractivity contribution is -0.149. The summed E-state index contributed by atoms with van der Waals surface area (Å²) in [6, 6.07) is 11.0. The maximum Gasteiger partial charge on any atom is 0.355 e. The van der Waals surface area contributed by atoms with Gasteiger partial charge in [-0.05, 0) is 56.3 Å². The van der Waals surface area contributed by atoms with Crippen molar-refractivity contribution in [2.45, 2.75) is 19.4 Å². The van der Waals surface area contributed by atoms with E-state index in [1.54, 1.807) is 38.1 Å². The molecule has 0 aliphatic heterocycles. The van der Waals surface area contributed by atoms with Gasteiger partial charge in [-0.3, -0.25) is 0 Å². The van der Waals surface area contributed by atoms with Crippen molar-refractivity contribution >= 4 is 23.5 Å². The lowest BCUT2D eigenvalue weighted by Gasteiger charge is -2.24. The Labute approximate surface area is 156 Å². The van der Waals surface area contributed by atoms with Gasteiger partial charge in [-0.1, -0.05) is 11.6 Å². The molecule has 0 saturated carbocycles. The summed E-state index contributed by atoms with van der Waals surface area (Å²) >= 11 is 5.84. The smallest absolute Gasteiger partial charge is 0.355 e. The van der Waals surface area contributed by atoms with Crippen LogP contribution in [0.5, 0.6) is 17.2 Å². The van der Waals surface area contributed by atoms with Crippen molar-refractivity contribution in [1.82, 2.24) is 0 Å². The van der Waals surface area contributed by atoms with Crippen molar-refractivity contribution in [3.63, 3.8) is 0 Å². The van der Waals surface area contributed by atoms with E-state index in [9.17, 15) is 9.59 Å². The quantitative estimate of drug-likeness (QED) is 0.560. The molecule has 0 heterocycles. The van der Waals surface area contributed by atoms with Crippen molar-refractivity contribution in [2.24, 2.45) is 0 Å². The van der Waals surface area contributed by atoms with Gasteiger partial charge in [0.25, 0.3) is 0 Å². The summed E-state index contributed by atoms with van der Waals surface area (Å²) in [5.74, 6) is -0.282. The largest absolute Gasteiger partial charge is 0.493 e. The molecule has 2 aromatic carbocycles. The van der Waals surface area contributed by atoms with Crippen LogP contribution in [-0.4, -0.2) is 31.8 Å². The first kappa shape index (κ1) is 19.6. The van der Waals surface area contributed by atoms with E-state index in [-0.39, 0.29) is 17.1 Å². The fourth-order valence-corrected chi connectivity index (χ4v) is 2.18. The first-order valence-electron chi connectivity index (χ1n) is 7.70. The van der Waals surface area contributed by atoms with Crippen molar-refractivity contribution < 1.29 is 28.5 Å². The molecule has 0 N–H and O–H groups in total. The van der Waals surface area contributed by atoms with Crippen molar-refractivity contribution in [3.8, 4) is 17.2 Å². The van der Waals surface area contributed by atoms with E-state index in [1.807, 2.05) is 0 Å². The minimum Gasteiger partial charge on any atom is -0.493 e. The van der Waals surface area contributed by atoms with E-state index < -0.39 is 17.5 Å². The summed E-state index contributed by atoms with van der Waals surface area (Å²) in [4.78, 5) is 24.1. The molecule has 0 atom stereocenters. The molecular weight excluding hydrogens is 360 g/mol. The van der Waals surface area contributed by atoms with Crippen molar-refractivity contribution in [2.75, 3.05) is 14.2 Å². The van der Waals surface area contributed by atoms with Crippen LogP contribution in [-0.2, 0) is 9.53 Å². The molecule has 0 amide bonds. The third kappa shape index (κ3) is 4.67. The molecule has 0 saturated heterocycles. The lowest BCUT2D eigenvalue weighted by atomic mass is 10.1. The zero-order valence-electron chi connectivity index (χ0n) is 14.9. The fourth-order valence-electron chi connectivity index (χ4n) is 2.06. The Morgan fingerprint density at radius 3 is 2.19 bits per heavy atom. The normalized spacial score (nSPS) is 10.8. The number of hydrogen-bond donors (Lipinski definition) is 0. The third-order valence-corrected chi connectivity index (χ3v) is 3.72. The number of methoxy groups -OCH3 is 2. The van der Waals surface area contributed by atoms with Crippen molar-refractivity contribution in [1.29, 1.82) is 0 Å². The van der Waals surface area contributed by atoms with E-state index in [1.165, 1.54) is 32.4 Å². The highest BCUT2D eigenvalue weighted by Gasteiger charge is 2.33. The van der Waals surface area contributed by atoms with Crippen LogP contribution in [0.2, 0.25) is 5.02 Å². The maximum absolute atomic E-state index is 12.5. The van der Waals surface area contributed by atoms with Crippen LogP contribution in [0.3, 0.4) is 0 Å². The van der Waals surface area contributed by atoms with Crippen LogP contribution in [0.25, 0.3) is 0 Å². The number of ether oxygens (including phenoxy) is 4. The van der Waals surface area contributed by atoms with Gasteiger partial charge in [0.2, 0.25) is 5.60 Å². The summed E-state index contributed by atoms with van der Waals surface area (Å²) in [6.45, 7) is 3.17. The summed E-state index contributed by atoms with van der Waals surface area (Å²) in [7, 11) is 2.68. The monoisotopic (exact) mass is 378 g/mol. The molecule has 2 aromatic rings. The van der Waals surface area contributed by atoms with Crippen LogP contribution in [0.15, 0.2) is 42.5 Å². The average Bonchev–Trinajstić information content (AvgIpc) is 2.63. The molecule has 0 unspecified atom stereocenters. The Kier molecular flexibility index (Phi) is 6.10. The molecule has 0 spiro atoms. The number of halogens is 1. The maximum atomic E-state index is 12.5. The Balaban J connectivity index is 2.17. The molecular formula is C19H19ClO6. The van der Waals surface area contributed by atoms with Gasteiger partial charge in [0.1, 0.15) is 5.75 Å². The Morgan fingerprint density at radius 1 is 0.962 bits per heavy atom. The SMILES string of the molecule is COC(=O)c1ccc(OC(=O)C(C)(C)Oc2ccc(Cl)cc2)c(OC)c1. The Hall–Kier alpha value is -2.73. The van der Waals surface area contributed by atoms with Crippen LogP contribution >= 0.6 is 11.6 Å². The van der Waals surface area contributed by atoms with Crippen LogP contribution in [0.4, 0.5) is 0 Å². The molecule has 2 rings (SSSR count). The van der Waals surface area contributed by atoms with Crippen LogP contribution in [0.1, 0.15) is 24.2 Å². The second-order valence-corrected chi connectivity index (χ2v) is 6.25. The average molecular weight is 379 g/mol. The number of benzene rings is 2. The van der Waals surface area contributed by atoms with E-state index in [2.05, 4.69) is 4.74 Å². The summed E-state index contributed by atoms with van der Waals surface area (Å²) in [5, 5.41) is 0.563. The molecule has 0 fully saturated rings. The number of carbonyl (C=O) groups is 2. The zero-order valence-corrected chi connectivity index (χ0v) is 15.6. The van der Waals surface area contributed by atoms with Gasteiger partial charge in [0.05, 0.1) is 19.8 Å². The van der Waals surface area contributed by atoms with E-state index in [0.29, 0.717) is 10.8 Å². The zero-order chi connectivity index (χ0) is 19.3. The van der Waals surface area contributed by atoms with Crippen molar-refractivity contribution in [3.05, 3.63) is 53.1 Å². The van der Waals surface area contributed by atoms with Gasteiger partial charge >= 0.3 is 11.9 Å². The topological polar surface area (TPSA) is 71.1 Å². The Morgan fingerprint density at radius 2 is 1.62 bits per heavy atom. The summed E-state index contributed by atoms with van der Waals surface area (Å²) < 4.78 is 20.9. The molecule has 26 heavy (non-hydrogen) atoms. The molecule has 0 aliphatic carbocycles. The van der Waals surface area contributed by atoms with Gasteiger partial charge in [-0.15, -0.1) is 0 Å². The molecule has 0 radical (unpaired) electrons. The van der Waals surface area contributed by atoms with Gasteiger partial charge in [-0.2, -0.15) is 0 Å². The number of rotatable bonds is 6. The molecule has 0 aliphatic rings. The van der Waals surface area contributed by atoms with E-state index in [4.69, 9.17) is 25.8 Å². The Bertz CT molecular complexity index is 798.